The van der Waals surface area contributed by atoms with Gasteiger partial charge in [-0.1, -0.05) is 18.5 Å². The van der Waals surface area contributed by atoms with E-state index in [-0.39, 0.29) is 16.3 Å². The fourth-order valence-electron chi connectivity index (χ4n) is 1.18. The molecule has 1 aromatic rings. The van der Waals surface area contributed by atoms with E-state index < -0.39 is 17.3 Å². The second-order valence-electron chi connectivity index (χ2n) is 2.78. The van der Waals surface area contributed by atoms with Gasteiger partial charge >= 0.3 is 5.97 Å². The molecule has 0 bridgehead atoms. The summed E-state index contributed by atoms with van der Waals surface area (Å²) in [6.45, 7) is 1.68. The first-order valence-electron chi connectivity index (χ1n) is 3.98. The average Bonchev–Trinajstić information content (AvgIpc) is 2.12. The van der Waals surface area contributed by atoms with Crippen molar-refractivity contribution >= 4 is 23.3 Å². The molecule has 3 N–H and O–H groups in total. The zero-order valence-corrected chi connectivity index (χ0v) is 8.23. The standard InChI is InChI=1S/C9H9ClFNO2/c1-2-4-7(10)6(12)3-5(8(4)11)9(13)14/h3H,2,12H2,1H3,(H,13,14). The number of rotatable bonds is 2. The van der Waals surface area contributed by atoms with Crippen LogP contribution in [0, 0.1) is 5.82 Å². The fraction of sp³-hybridized carbons (Fsp3) is 0.222. The van der Waals surface area contributed by atoms with Gasteiger partial charge in [-0.15, -0.1) is 0 Å². The third kappa shape index (κ3) is 1.65. The van der Waals surface area contributed by atoms with E-state index in [0.717, 1.165) is 6.07 Å². The molecule has 0 unspecified atom stereocenters. The van der Waals surface area contributed by atoms with Crippen molar-refractivity contribution in [3.05, 3.63) is 28.0 Å². The first kappa shape index (κ1) is 10.8. The van der Waals surface area contributed by atoms with Crippen LogP contribution in [0.5, 0.6) is 0 Å². The minimum absolute atomic E-state index is 0.0855. The van der Waals surface area contributed by atoms with Crippen molar-refractivity contribution in [1.29, 1.82) is 0 Å². The third-order valence-electron chi connectivity index (χ3n) is 1.90. The van der Waals surface area contributed by atoms with Crippen molar-refractivity contribution in [3.8, 4) is 0 Å². The predicted octanol–water partition coefficient (Wildman–Crippen LogP) is 2.32. The van der Waals surface area contributed by atoms with Crippen LogP contribution in [0.25, 0.3) is 0 Å². The van der Waals surface area contributed by atoms with Crippen LogP contribution in [0.1, 0.15) is 22.8 Å². The van der Waals surface area contributed by atoms with Crippen LogP contribution >= 0.6 is 11.6 Å². The lowest BCUT2D eigenvalue weighted by atomic mass is 10.1. The Hall–Kier alpha value is -1.29. The molecule has 3 nitrogen and oxygen atoms in total. The molecule has 1 aromatic carbocycles. The summed E-state index contributed by atoms with van der Waals surface area (Å²) in [5.74, 6) is -2.15. The van der Waals surface area contributed by atoms with Crippen molar-refractivity contribution < 1.29 is 14.3 Å². The van der Waals surface area contributed by atoms with E-state index >= 15 is 0 Å². The number of nitrogen functional groups attached to an aromatic ring is 1. The van der Waals surface area contributed by atoms with E-state index in [2.05, 4.69) is 0 Å². The van der Waals surface area contributed by atoms with Crippen LogP contribution < -0.4 is 5.73 Å². The van der Waals surface area contributed by atoms with Gasteiger partial charge in [0.1, 0.15) is 5.82 Å². The molecule has 0 amide bonds. The molecule has 0 aliphatic carbocycles. The molecular formula is C9H9ClFNO2. The van der Waals surface area contributed by atoms with Gasteiger partial charge in [0.05, 0.1) is 16.3 Å². The molecule has 0 heterocycles. The summed E-state index contributed by atoms with van der Waals surface area (Å²) in [6.07, 6.45) is 0.302. The lowest BCUT2D eigenvalue weighted by Crippen LogP contribution is -2.06. The molecule has 0 saturated carbocycles. The van der Waals surface area contributed by atoms with Gasteiger partial charge in [-0.2, -0.15) is 0 Å². The lowest BCUT2D eigenvalue weighted by Gasteiger charge is -2.08. The highest BCUT2D eigenvalue weighted by Gasteiger charge is 2.18. The molecule has 0 aliphatic heterocycles. The molecule has 5 heteroatoms. The Balaban J connectivity index is 3.50. The van der Waals surface area contributed by atoms with Crippen LogP contribution in [0.3, 0.4) is 0 Å². The quantitative estimate of drug-likeness (QED) is 0.748. The number of carboxylic acids is 1. The first-order valence-corrected chi connectivity index (χ1v) is 4.36. The Morgan fingerprint density at radius 2 is 2.29 bits per heavy atom. The fourth-order valence-corrected chi connectivity index (χ4v) is 1.45. The molecule has 0 spiro atoms. The van der Waals surface area contributed by atoms with Gasteiger partial charge in [-0.25, -0.2) is 9.18 Å². The Morgan fingerprint density at radius 1 is 1.71 bits per heavy atom. The molecule has 0 radical (unpaired) electrons. The molecule has 1 rings (SSSR count). The van der Waals surface area contributed by atoms with E-state index in [1.165, 1.54) is 0 Å². The SMILES string of the molecule is CCc1c(F)c(C(=O)O)cc(N)c1Cl. The summed E-state index contributed by atoms with van der Waals surface area (Å²) in [6, 6.07) is 1.03. The van der Waals surface area contributed by atoms with Gasteiger partial charge in [0.15, 0.2) is 0 Å². The first-order chi connectivity index (χ1) is 6.49. The van der Waals surface area contributed by atoms with Crippen LogP contribution in [0.2, 0.25) is 5.02 Å². The Labute approximate surface area is 85.3 Å². The van der Waals surface area contributed by atoms with Crippen LogP contribution in [0.15, 0.2) is 6.07 Å². The number of anilines is 1. The van der Waals surface area contributed by atoms with Gasteiger partial charge in [0.25, 0.3) is 0 Å². The molecular weight excluding hydrogens is 209 g/mol. The Bertz CT molecular complexity index is 393. The van der Waals surface area contributed by atoms with Crippen molar-refractivity contribution in [3.63, 3.8) is 0 Å². The molecule has 14 heavy (non-hydrogen) atoms. The number of nitrogens with two attached hydrogens (primary N) is 1. The highest BCUT2D eigenvalue weighted by molar-refractivity contribution is 6.34. The zero-order valence-electron chi connectivity index (χ0n) is 7.47. The lowest BCUT2D eigenvalue weighted by molar-refractivity contribution is 0.0691. The molecule has 0 aromatic heterocycles. The number of hydrogen-bond acceptors (Lipinski definition) is 2. The van der Waals surface area contributed by atoms with Gasteiger partial charge in [-0.3, -0.25) is 0 Å². The minimum Gasteiger partial charge on any atom is -0.478 e. The summed E-state index contributed by atoms with van der Waals surface area (Å²) >= 11 is 5.72. The molecule has 0 fully saturated rings. The number of aromatic carboxylic acids is 1. The third-order valence-corrected chi connectivity index (χ3v) is 2.35. The minimum atomic E-state index is -1.35. The summed E-state index contributed by atoms with van der Waals surface area (Å²) in [4.78, 5) is 10.6. The number of carbonyl (C=O) groups is 1. The Morgan fingerprint density at radius 3 is 2.71 bits per heavy atom. The largest absolute Gasteiger partial charge is 0.478 e. The smallest absolute Gasteiger partial charge is 0.338 e. The van der Waals surface area contributed by atoms with E-state index in [1.807, 2.05) is 0 Å². The van der Waals surface area contributed by atoms with Crippen LogP contribution in [-0.2, 0) is 6.42 Å². The number of halogens is 2. The summed E-state index contributed by atoms with van der Waals surface area (Å²) < 4.78 is 13.4. The summed E-state index contributed by atoms with van der Waals surface area (Å²) in [5, 5.41) is 8.75. The number of hydrogen-bond donors (Lipinski definition) is 2. The van der Waals surface area contributed by atoms with Gasteiger partial charge in [0.2, 0.25) is 0 Å². The van der Waals surface area contributed by atoms with Crippen molar-refractivity contribution in [1.82, 2.24) is 0 Å². The van der Waals surface area contributed by atoms with E-state index in [9.17, 15) is 9.18 Å². The second kappa shape index (κ2) is 3.84. The van der Waals surface area contributed by atoms with Crippen molar-refractivity contribution in [2.24, 2.45) is 0 Å². The molecule has 0 aliphatic rings. The van der Waals surface area contributed by atoms with Crippen LogP contribution in [0.4, 0.5) is 10.1 Å². The average molecular weight is 218 g/mol. The maximum atomic E-state index is 13.4. The van der Waals surface area contributed by atoms with E-state index in [0.29, 0.717) is 6.42 Å². The van der Waals surface area contributed by atoms with Gasteiger partial charge < -0.3 is 10.8 Å². The maximum absolute atomic E-state index is 13.4. The van der Waals surface area contributed by atoms with E-state index in [1.54, 1.807) is 6.92 Å². The van der Waals surface area contributed by atoms with Crippen molar-refractivity contribution in [2.75, 3.05) is 5.73 Å². The normalized spacial score (nSPS) is 10.2. The highest BCUT2D eigenvalue weighted by atomic mass is 35.5. The zero-order chi connectivity index (χ0) is 10.9. The molecule has 0 saturated heterocycles. The Kier molecular flexibility index (Phi) is 2.96. The number of carboxylic acid groups (broad SMARTS) is 1. The van der Waals surface area contributed by atoms with Gasteiger partial charge in [0, 0.05) is 5.56 Å². The van der Waals surface area contributed by atoms with E-state index in [4.69, 9.17) is 22.4 Å². The predicted molar refractivity (Wildman–Crippen MR) is 52.2 cm³/mol. The summed E-state index contributed by atoms with van der Waals surface area (Å²) in [5.41, 5.74) is 5.23. The maximum Gasteiger partial charge on any atom is 0.338 e. The summed E-state index contributed by atoms with van der Waals surface area (Å²) in [7, 11) is 0. The highest BCUT2D eigenvalue weighted by Crippen LogP contribution is 2.29. The monoisotopic (exact) mass is 217 g/mol. The molecule has 0 atom stereocenters. The van der Waals surface area contributed by atoms with Crippen molar-refractivity contribution in [2.45, 2.75) is 13.3 Å². The second-order valence-corrected chi connectivity index (χ2v) is 3.16. The van der Waals surface area contributed by atoms with Crippen LogP contribution in [-0.4, -0.2) is 11.1 Å². The van der Waals surface area contributed by atoms with Gasteiger partial charge in [-0.05, 0) is 12.5 Å². The topological polar surface area (TPSA) is 63.3 Å². The molecule has 76 valence electrons. The number of benzene rings is 1.